The van der Waals surface area contributed by atoms with Crippen molar-refractivity contribution < 1.29 is 19.1 Å². The first-order valence-corrected chi connectivity index (χ1v) is 5.44. The van der Waals surface area contributed by atoms with E-state index in [1.165, 1.54) is 18.5 Å². The summed E-state index contributed by atoms with van der Waals surface area (Å²) in [4.78, 5) is 29.9. The number of nitrogens with zero attached hydrogens (tertiary/aromatic N) is 2. The lowest BCUT2D eigenvalue weighted by Crippen LogP contribution is -2.21. The van der Waals surface area contributed by atoms with Gasteiger partial charge in [0.2, 0.25) is 5.95 Å². The molecule has 2 amide bonds. The maximum Gasteiger partial charge on any atom is 0.338 e. The van der Waals surface area contributed by atoms with E-state index in [2.05, 4.69) is 20.6 Å². The van der Waals surface area contributed by atoms with Crippen LogP contribution >= 0.6 is 0 Å². The van der Waals surface area contributed by atoms with Crippen molar-refractivity contribution >= 4 is 23.6 Å². The van der Waals surface area contributed by atoms with Gasteiger partial charge in [-0.15, -0.1) is 0 Å². The molecule has 0 fully saturated rings. The second-order valence-electron chi connectivity index (χ2n) is 3.65. The van der Waals surface area contributed by atoms with Gasteiger partial charge in [-0.3, -0.25) is 5.32 Å². The Hall–Kier alpha value is -3.03. The largest absolute Gasteiger partial charge is 0.478 e. The van der Waals surface area contributed by atoms with E-state index in [-0.39, 0.29) is 11.6 Å². The number of anilines is 2. The lowest BCUT2D eigenvalue weighted by molar-refractivity contribution is 0.0692. The molecule has 0 aliphatic rings. The summed E-state index contributed by atoms with van der Waals surface area (Å²) < 4.78 is 13.2. The van der Waals surface area contributed by atoms with Crippen molar-refractivity contribution in [1.29, 1.82) is 0 Å². The van der Waals surface area contributed by atoms with Gasteiger partial charge in [-0.05, 0) is 24.3 Å². The third-order valence-electron chi connectivity index (χ3n) is 2.25. The van der Waals surface area contributed by atoms with E-state index in [1.54, 1.807) is 6.07 Å². The van der Waals surface area contributed by atoms with Crippen molar-refractivity contribution in [1.82, 2.24) is 9.97 Å². The zero-order chi connectivity index (χ0) is 14.5. The number of urea groups is 1. The monoisotopic (exact) mass is 276 g/mol. The number of hydrogen-bond acceptors (Lipinski definition) is 4. The molecule has 2 aromatic rings. The highest BCUT2D eigenvalue weighted by molar-refractivity contribution is 5.99. The normalized spacial score (nSPS) is 9.85. The van der Waals surface area contributed by atoms with E-state index < -0.39 is 23.4 Å². The van der Waals surface area contributed by atoms with E-state index >= 15 is 0 Å². The molecule has 102 valence electrons. The molecule has 0 aliphatic carbocycles. The van der Waals surface area contributed by atoms with Gasteiger partial charge in [0.05, 0.1) is 5.56 Å². The highest BCUT2D eigenvalue weighted by Gasteiger charge is 2.12. The van der Waals surface area contributed by atoms with E-state index in [4.69, 9.17) is 5.11 Å². The molecule has 0 spiro atoms. The number of carboxylic acids is 1. The van der Waals surface area contributed by atoms with E-state index in [9.17, 15) is 14.0 Å². The zero-order valence-corrected chi connectivity index (χ0v) is 10.0. The van der Waals surface area contributed by atoms with Crippen molar-refractivity contribution in [2.75, 3.05) is 10.6 Å². The average Bonchev–Trinajstić information content (AvgIpc) is 2.41. The number of halogens is 1. The third kappa shape index (κ3) is 3.25. The van der Waals surface area contributed by atoms with Crippen LogP contribution in [0, 0.1) is 5.82 Å². The van der Waals surface area contributed by atoms with Crippen LogP contribution in [-0.2, 0) is 0 Å². The third-order valence-corrected chi connectivity index (χ3v) is 2.25. The average molecular weight is 276 g/mol. The molecule has 2 rings (SSSR count). The van der Waals surface area contributed by atoms with Crippen molar-refractivity contribution in [2.45, 2.75) is 0 Å². The molecule has 1 aromatic heterocycles. The summed E-state index contributed by atoms with van der Waals surface area (Å²) in [6.45, 7) is 0. The number of aromatic carboxylic acids is 1. The summed E-state index contributed by atoms with van der Waals surface area (Å²) in [7, 11) is 0. The molecule has 0 atom stereocenters. The van der Waals surface area contributed by atoms with Crippen molar-refractivity contribution in [3.63, 3.8) is 0 Å². The number of nitrogens with one attached hydrogen (secondary N) is 2. The van der Waals surface area contributed by atoms with Crippen LogP contribution < -0.4 is 10.6 Å². The predicted octanol–water partition coefficient (Wildman–Crippen LogP) is 1.96. The minimum absolute atomic E-state index is 0.0885. The summed E-state index contributed by atoms with van der Waals surface area (Å²) in [6, 6.07) is 4.13. The smallest absolute Gasteiger partial charge is 0.338 e. The van der Waals surface area contributed by atoms with Gasteiger partial charge < -0.3 is 10.4 Å². The predicted molar refractivity (Wildman–Crippen MR) is 68.0 cm³/mol. The van der Waals surface area contributed by atoms with Gasteiger partial charge in [0.15, 0.2) is 0 Å². The number of carboxylic acid groups (broad SMARTS) is 1. The molecule has 0 saturated carbocycles. The maximum atomic E-state index is 13.2. The van der Waals surface area contributed by atoms with Gasteiger partial charge >= 0.3 is 12.0 Å². The van der Waals surface area contributed by atoms with E-state index in [0.717, 1.165) is 12.1 Å². The summed E-state index contributed by atoms with van der Waals surface area (Å²) in [6.07, 6.45) is 2.89. The first-order valence-electron chi connectivity index (χ1n) is 5.44. The molecule has 1 aromatic carbocycles. The summed E-state index contributed by atoms with van der Waals surface area (Å²) in [5, 5.41) is 13.5. The van der Waals surface area contributed by atoms with Gasteiger partial charge in [-0.1, -0.05) is 0 Å². The van der Waals surface area contributed by atoms with Crippen LogP contribution in [0.4, 0.5) is 20.8 Å². The van der Waals surface area contributed by atoms with Crippen molar-refractivity contribution in [3.05, 3.63) is 48.0 Å². The molecule has 0 unspecified atom stereocenters. The van der Waals surface area contributed by atoms with Crippen LogP contribution in [-0.4, -0.2) is 27.1 Å². The lowest BCUT2D eigenvalue weighted by Gasteiger charge is -2.07. The minimum Gasteiger partial charge on any atom is -0.478 e. The fraction of sp³-hybridized carbons (Fsp3) is 0. The van der Waals surface area contributed by atoms with E-state index in [1.807, 2.05) is 0 Å². The van der Waals surface area contributed by atoms with Crippen molar-refractivity contribution in [3.8, 4) is 0 Å². The Bertz CT molecular complexity index is 648. The number of amides is 2. The van der Waals surface area contributed by atoms with Gasteiger partial charge in [0, 0.05) is 18.1 Å². The Morgan fingerprint density at radius 2 is 1.85 bits per heavy atom. The molecule has 8 heteroatoms. The Balaban J connectivity index is 2.08. The Morgan fingerprint density at radius 1 is 1.15 bits per heavy atom. The van der Waals surface area contributed by atoms with Crippen LogP contribution in [0.25, 0.3) is 0 Å². The van der Waals surface area contributed by atoms with Crippen LogP contribution in [0.15, 0.2) is 36.7 Å². The number of benzene rings is 1. The number of rotatable bonds is 3. The van der Waals surface area contributed by atoms with E-state index in [0.29, 0.717) is 0 Å². The number of hydrogen-bond donors (Lipinski definition) is 3. The first-order chi connectivity index (χ1) is 9.56. The number of carbonyl (C=O) groups is 2. The maximum absolute atomic E-state index is 13.2. The summed E-state index contributed by atoms with van der Waals surface area (Å²) in [5.74, 6) is -2.21. The van der Waals surface area contributed by atoms with Crippen LogP contribution in [0.2, 0.25) is 0 Å². The molecular weight excluding hydrogens is 267 g/mol. The Kier molecular flexibility index (Phi) is 3.85. The van der Waals surface area contributed by atoms with Gasteiger partial charge in [0.25, 0.3) is 0 Å². The van der Waals surface area contributed by atoms with Crippen LogP contribution in [0.1, 0.15) is 10.4 Å². The minimum atomic E-state index is -1.42. The molecule has 0 aliphatic heterocycles. The van der Waals surface area contributed by atoms with Gasteiger partial charge in [-0.25, -0.2) is 23.9 Å². The molecule has 20 heavy (non-hydrogen) atoms. The Morgan fingerprint density at radius 3 is 2.50 bits per heavy atom. The molecule has 7 nitrogen and oxygen atoms in total. The fourth-order valence-corrected chi connectivity index (χ4v) is 1.39. The second-order valence-corrected chi connectivity index (χ2v) is 3.65. The summed E-state index contributed by atoms with van der Waals surface area (Å²) in [5.41, 5.74) is -0.393. The Labute approximate surface area is 112 Å². The number of aromatic nitrogens is 2. The topological polar surface area (TPSA) is 104 Å². The fourth-order valence-electron chi connectivity index (χ4n) is 1.39. The van der Waals surface area contributed by atoms with Crippen LogP contribution in [0.5, 0.6) is 0 Å². The molecule has 0 saturated heterocycles. The number of carbonyl (C=O) groups excluding carboxylic acids is 1. The first kappa shape index (κ1) is 13.4. The lowest BCUT2D eigenvalue weighted by atomic mass is 10.2. The highest BCUT2D eigenvalue weighted by Crippen LogP contribution is 2.15. The molecule has 0 radical (unpaired) electrons. The highest BCUT2D eigenvalue weighted by atomic mass is 19.1. The molecular formula is C12H9FN4O3. The quantitative estimate of drug-likeness (QED) is 0.794. The van der Waals surface area contributed by atoms with Crippen LogP contribution in [0.3, 0.4) is 0 Å². The molecule has 3 N–H and O–H groups in total. The molecule has 0 bridgehead atoms. The van der Waals surface area contributed by atoms with Crippen molar-refractivity contribution in [2.24, 2.45) is 0 Å². The zero-order valence-electron chi connectivity index (χ0n) is 10.0. The van der Waals surface area contributed by atoms with Gasteiger partial charge in [0.1, 0.15) is 5.82 Å². The summed E-state index contributed by atoms with van der Waals surface area (Å²) >= 11 is 0. The SMILES string of the molecule is O=C(Nc1ccc(F)c(C(=O)O)c1)Nc1ncccn1. The molecule has 1 heterocycles. The second kappa shape index (κ2) is 5.74. The van der Waals surface area contributed by atoms with Gasteiger partial charge in [-0.2, -0.15) is 0 Å². The standard InChI is InChI=1S/C12H9FN4O3/c13-9-3-2-7(6-8(9)10(18)19)16-12(20)17-11-14-4-1-5-15-11/h1-6H,(H,18,19)(H2,14,15,16,17,20).